The fourth-order valence-corrected chi connectivity index (χ4v) is 5.13. The van der Waals surface area contributed by atoms with E-state index in [-0.39, 0.29) is 28.9 Å². The van der Waals surface area contributed by atoms with Crippen molar-refractivity contribution in [2.24, 2.45) is 0 Å². The quantitative estimate of drug-likeness (QED) is 0.810. The maximum absolute atomic E-state index is 13.2. The Labute approximate surface area is 173 Å². The molecule has 2 aromatic rings. The zero-order valence-electron chi connectivity index (χ0n) is 17.1. The topological polar surface area (TPSA) is 56.7 Å². The zero-order chi connectivity index (χ0) is 21.8. The highest BCUT2D eigenvalue weighted by Crippen LogP contribution is 2.47. The Hall–Kier alpha value is -2.61. The highest BCUT2D eigenvalue weighted by molar-refractivity contribution is 5.92. The Morgan fingerprint density at radius 3 is 2.67 bits per heavy atom. The van der Waals surface area contributed by atoms with Gasteiger partial charge in [-0.15, -0.1) is 0 Å². The summed E-state index contributed by atoms with van der Waals surface area (Å²) in [6.07, 6.45) is -2.28. The van der Waals surface area contributed by atoms with Gasteiger partial charge in [0.2, 0.25) is 0 Å². The van der Waals surface area contributed by atoms with Crippen LogP contribution in [0.5, 0.6) is 5.75 Å². The fourth-order valence-electron chi connectivity index (χ4n) is 5.13. The third kappa shape index (κ3) is 3.23. The van der Waals surface area contributed by atoms with Crippen molar-refractivity contribution in [1.29, 1.82) is 0 Å². The molecule has 0 spiro atoms. The van der Waals surface area contributed by atoms with Crippen LogP contribution in [0.4, 0.5) is 13.2 Å². The summed E-state index contributed by atoms with van der Waals surface area (Å²) in [5.74, 6) is -0.228. The van der Waals surface area contributed by atoms with Crippen LogP contribution < -0.4 is 0 Å². The summed E-state index contributed by atoms with van der Waals surface area (Å²) in [6, 6.07) is 7.26. The molecule has 5 nitrogen and oxygen atoms in total. The van der Waals surface area contributed by atoms with Crippen LogP contribution in [0.1, 0.15) is 40.5 Å². The van der Waals surface area contributed by atoms with Gasteiger partial charge in [0.25, 0.3) is 5.91 Å². The van der Waals surface area contributed by atoms with Gasteiger partial charge < -0.3 is 14.9 Å². The summed E-state index contributed by atoms with van der Waals surface area (Å²) >= 11 is 0. The van der Waals surface area contributed by atoms with Crippen molar-refractivity contribution in [2.75, 3.05) is 20.6 Å². The second-order valence-corrected chi connectivity index (χ2v) is 8.55. The average Bonchev–Trinajstić information content (AvgIpc) is 2.70. The monoisotopic (exact) mass is 419 g/mol. The van der Waals surface area contributed by atoms with Gasteiger partial charge in [-0.05, 0) is 61.8 Å². The molecule has 2 bridgehead atoms. The van der Waals surface area contributed by atoms with E-state index in [0.29, 0.717) is 6.20 Å². The van der Waals surface area contributed by atoms with Crippen LogP contribution in [0.25, 0.3) is 0 Å². The van der Waals surface area contributed by atoms with Gasteiger partial charge in [-0.3, -0.25) is 9.78 Å². The lowest BCUT2D eigenvalue weighted by atomic mass is 9.61. The molecule has 1 amide bonds. The van der Waals surface area contributed by atoms with Crippen LogP contribution in [-0.2, 0) is 18.0 Å². The minimum Gasteiger partial charge on any atom is -0.508 e. The van der Waals surface area contributed by atoms with E-state index in [4.69, 9.17) is 0 Å². The van der Waals surface area contributed by atoms with E-state index in [1.165, 1.54) is 0 Å². The number of likely N-dealkylation sites (N-methyl/N-ethyl adjacent to an activating group) is 2. The number of hydrogen-bond donors (Lipinski definition) is 1. The molecule has 4 rings (SSSR count). The lowest BCUT2D eigenvalue weighted by Crippen LogP contribution is -2.67. The van der Waals surface area contributed by atoms with Gasteiger partial charge in [-0.25, -0.2) is 0 Å². The van der Waals surface area contributed by atoms with Crippen molar-refractivity contribution in [2.45, 2.75) is 43.4 Å². The third-order valence-corrected chi connectivity index (χ3v) is 6.75. The van der Waals surface area contributed by atoms with E-state index in [2.05, 4.69) is 16.8 Å². The largest absolute Gasteiger partial charge is 0.508 e. The van der Waals surface area contributed by atoms with Gasteiger partial charge in [0.05, 0.1) is 11.6 Å². The molecule has 1 saturated heterocycles. The van der Waals surface area contributed by atoms with Gasteiger partial charge in [0.15, 0.2) is 0 Å². The van der Waals surface area contributed by atoms with Crippen molar-refractivity contribution in [3.05, 3.63) is 58.9 Å². The summed E-state index contributed by atoms with van der Waals surface area (Å²) in [6.45, 7) is 2.95. The molecule has 8 heteroatoms. The molecule has 0 radical (unpaired) electrons. The summed E-state index contributed by atoms with van der Waals surface area (Å²) in [5.41, 5.74) is 0.886. The minimum atomic E-state index is -4.50. The maximum Gasteiger partial charge on any atom is 0.417 e. The molecule has 0 saturated carbocycles. The summed E-state index contributed by atoms with van der Waals surface area (Å²) in [5, 5.41) is 10.1. The molecule has 30 heavy (non-hydrogen) atoms. The SMILES string of the molecule is CN1CC[C@]2(C)c3cc(O)ccc3C[C@@H]1[C@H]2N(C)C(=O)c1ccc(C(F)(F)F)cn1. The highest BCUT2D eigenvalue weighted by Gasteiger charge is 2.52. The van der Waals surface area contributed by atoms with E-state index < -0.39 is 17.6 Å². The number of phenolic OH excluding ortho intramolecular Hbond substituents is 1. The first-order chi connectivity index (χ1) is 14.0. The first-order valence-corrected chi connectivity index (χ1v) is 9.85. The van der Waals surface area contributed by atoms with E-state index in [9.17, 15) is 23.1 Å². The Kier molecular flexibility index (Phi) is 4.80. The first-order valence-electron chi connectivity index (χ1n) is 9.85. The molecule has 160 valence electrons. The number of piperidine rings is 1. The second-order valence-electron chi connectivity index (χ2n) is 8.55. The van der Waals surface area contributed by atoms with Crippen LogP contribution in [0.15, 0.2) is 36.5 Å². The van der Waals surface area contributed by atoms with Crippen LogP contribution >= 0.6 is 0 Å². The number of carbonyl (C=O) groups is 1. The van der Waals surface area contributed by atoms with Crippen molar-refractivity contribution < 1.29 is 23.1 Å². The Morgan fingerprint density at radius 1 is 1.30 bits per heavy atom. The lowest BCUT2D eigenvalue weighted by molar-refractivity contribution is -0.137. The molecule has 3 atom stereocenters. The summed E-state index contributed by atoms with van der Waals surface area (Å²) in [4.78, 5) is 20.8. The van der Waals surface area contributed by atoms with Gasteiger partial charge in [0, 0.05) is 24.7 Å². The molecule has 2 heterocycles. The number of halogens is 3. The number of fused-ring (bicyclic) bond motifs is 4. The molecule has 1 fully saturated rings. The number of aromatic nitrogens is 1. The highest BCUT2D eigenvalue weighted by atomic mass is 19.4. The van der Waals surface area contributed by atoms with Gasteiger partial charge in [0.1, 0.15) is 11.4 Å². The van der Waals surface area contributed by atoms with Crippen molar-refractivity contribution in [1.82, 2.24) is 14.8 Å². The summed E-state index contributed by atoms with van der Waals surface area (Å²) < 4.78 is 38.5. The van der Waals surface area contributed by atoms with E-state index in [0.717, 1.165) is 42.6 Å². The predicted octanol–water partition coefficient (Wildman–Crippen LogP) is 3.46. The normalized spacial score (nSPS) is 26.2. The Morgan fingerprint density at radius 2 is 2.03 bits per heavy atom. The molecular formula is C22H24F3N3O2. The smallest absolute Gasteiger partial charge is 0.417 e. The van der Waals surface area contributed by atoms with Crippen molar-refractivity contribution in [3.63, 3.8) is 0 Å². The van der Waals surface area contributed by atoms with Gasteiger partial charge in [-0.2, -0.15) is 13.2 Å². The molecule has 1 aliphatic heterocycles. The molecule has 0 unspecified atom stereocenters. The Balaban J connectivity index is 1.70. The van der Waals surface area contributed by atoms with Crippen molar-refractivity contribution in [3.8, 4) is 5.75 Å². The molecule has 1 aromatic carbocycles. The van der Waals surface area contributed by atoms with Crippen LogP contribution in [0.2, 0.25) is 0 Å². The number of carbonyl (C=O) groups excluding carboxylic acids is 1. The number of amides is 1. The van der Waals surface area contributed by atoms with Crippen LogP contribution in [0.3, 0.4) is 0 Å². The number of likely N-dealkylation sites (tertiary alicyclic amines) is 1. The predicted molar refractivity (Wildman–Crippen MR) is 105 cm³/mol. The van der Waals surface area contributed by atoms with Gasteiger partial charge in [-0.1, -0.05) is 13.0 Å². The molecule has 1 N–H and O–H groups in total. The number of benzene rings is 1. The molecule has 1 aliphatic carbocycles. The third-order valence-electron chi connectivity index (χ3n) is 6.75. The number of rotatable bonds is 2. The molecule has 1 aromatic heterocycles. The number of alkyl halides is 3. The zero-order valence-corrected chi connectivity index (χ0v) is 17.1. The second kappa shape index (κ2) is 6.97. The lowest BCUT2D eigenvalue weighted by Gasteiger charge is -2.57. The van der Waals surface area contributed by atoms with Crippen molar-refractivity contribution >= 4 is 5.91 Å². The standard InChI is InChI=1S/C22H24F3N3O2/c1-21-8-9-27(2)18(10-13-4-6-15(29)11-16(13)21)19(21)28(3)20(30)17-7-5-14(12-26-17)22(23,24)25/h4-7,11-12,18-19,29H,8-10H2,1-3H3/t18-,19-,21-/m1/s1. The van der Waals surface area contributed by atoms with E-state index in [1.54, 1.807) is 24.1 Å². The number of phenols is 1. The van der Waals surface area contributed by atoms with E-state index in [1.807, 2.05) is 13.1 Å². The van der Waals surface area contributed by atoms with Gasteiger partial charge >= 0.3 is 6.18 Å². The maximum atomic E-state index is 13.2. The number of pyridine rings is 1. The van der Waals surface area contributed by atoms with E-state index >= 15 is 0 Å². The Bertz CT molecular complexity index is 977. The number of aromatic hydroxyl groups is 1. The van der Waals surface area contributed by atoms with Crippen LogP contribution in [-0.4, -0.2) is 58.5 Å². The average molecular weight is 419 g/mol. The van der Waals surface area contributed by atoms with Crippen LogP contribution in [0, 0.1) is 0 Å². The first kappa shape index (κ1) is 20.7. The minimum absolute atomic E-state index is 0.0171. The molecular weight excluding hydrogens is 395 g/mol. The molecule has 2 aliphatic rings. The fraction of sp³-hybridized carbons (Fsp3) is 0.455. The number of nitrogens with zero attached hydrogens (tertiary/aromatic N) is 3. The summed E-state index contributed by atoms with van der Waals surface area (Å²) in [7, 11) is 3.71. The number of hydrogen-bond acceptors (Lipinski definition) is 4.